The van der Waals surface area contributed by atoms with E-state index in [1.807, 2.05) is 0 Å². The molecule has 2 atom stereocenters. The maximum Gasteiger partial charge on any atom is 0.421 e. The Morgan fingerprint density at radius 1 is 1.37 bits per heavy atom. The highest BCUT2D eigenvalue weighted by molar-refractivity contribution is 5.38. The van der Waals surface area contributed by atoms with Crippen LogP contribution in [0.25, 0.3) is 0 Å². The Morgan fingerprint density at radius 2 is 1.95 bits per heavy atom. The van der Waals surface area contributed by atoms with Crippen molar-refractivity contribution in [3.63, 3.8) is 0 Å². The van der Waals surface area contributed by atoms with Gasteiger partial charge in [0.15, 0.2) is 0 Å². The Bertz CT molecular complexity index is 452. The predicted octanol–water partition coefficient (Wildman–Crippen LogP) is 1.12. The Hall–Kier alpha value is -1.38. The molecule has 0 radical (unpaired) electrons. The molecule has 1 aromatic rings. The Morgan fingerprint density at radius 3 is 2.37 bits per heavy atom. The van der Waals surface area contributed by atoms with Gasteiger partial charge in [-0.15, -0.1) is 0 Å². The molecule has 2 unspecified atom stereocenters. The molecule has 19 heavy (non-hydrogen) atoms. The number of methoxy groups -OCH3 is 1. The van der Waals surface area contributed by atoms with E-state index in [1.54, 1.807) is 0 Å². The standard InChI is InChI=1S/C11H13F4NO3/c1-19-8-4-6(12)2-3-7(8)9(16)10(18,5-17)11(13,14)15/h2-4,9,17-18H,5,16H2,1H3. The van der Waals surface area contributed by atoms with Gasteiger partial charge in [0.1, 0.15) is 11.6 Å². The van der Waals surface area contributed by atoms with Crippen molar-refractivity contribution in [2.75, 3.05) is 13.7 Å². The van der Waals surface area contributed by atoms with E-state index in [9.17, 15) is 22.7 Å². The van der Waals surface area contributed by atoms with E-state index in [-0.39, 0.29) is 11.3 Å². The summed E-state index contributed by atoms with van der Waals surface area (Å²) in [5, 5.41) is 18.3. The number of aliphatic hydroxyl groups excluding tert-OH is 1. The first-order valence-corrected chi connectivity index (χ1v) is 5.16. The zero-order chi connectivity index (χ0) is 14.8. The number of hydrogen-bond acceptors (Lipinski definition) is 4. The number of alkyl halides is 3. The fraction of sp³-hybridized carbons (Fsp3) is 0.455. The first-order valence-electron chi connectivity index (χ1n) is 5.16. The lowest BCUT2D eigenvalue weighted by atomic mass is 9.88. The molecule has 0 aliphatic carbocycles. The molecule has 4 nitrogen and oxygen atoms in total. The third-order valence-corrected chi connectivity index (χ3v) is 2.78. The molecule has 8 heteroatoms. The number of ether oxygens (including phenoxy) is 1. The highest BCUT2D eigenvalue weighted by Crippen LogP contribution is 2.41. The minimum Gasteiger partial charge on any atom is -0.496 e. The average molecular weight is 283 g/mol. The van der Waals surface area contributed by atoms with Crippen molar-refractivity contribution < 1.29 is 32.5 Å². The van der Waals surface area contributed by atoms with Crippen molar-refractivity contribution >= 4 is 0 Å². The molecule has 0 amide bonds. The third-order valence-electron chi connectivity index (χ3n) is 2.78. The highest BCUT2D eigenvalue weighted by Gasteiger charge is 2.58. The first kappa shape index (κ1) is 15.7. The van der Waals surface area contributed by atoms with Gasteiger partial charge in [0.25, 0.3) is 0 Å². The van der Waals surface area contributed by atoms with Crippen LogP contribution in [0.3, 0.4) is 0 Å². The number of benzene rings is 1. The molecule has 0 saturated heterocycles. The summed E-state index contributed by atoms with van der Waals surface area (Å²) in [7, 11) is 1.12. The Kier molecular flexibility index (Phi) is 4.39. The van der Waals surface area contributed by atoms with Crippen LogP contribution in [0.2, 0.25) is 0 Å². The van der Waals surface area contributed by atoms with Gasteiger partial charge < -0.3 is 20.7 Å². The van der Waals surface area contributed by atoms with Crippen LogP contribution in [0.15, 0.2) is 18.2 Å². The van der Waals surface area contributed by atoms with E-state index in [0.29, 0.717) is 0 Å². The minimum absolute atomic E-state index is 0.247. The van der Waals surface area contributed by atoms with E-state index in [2.05, 4.69) is 0 Å². The molecule has 0 spiro atoms. The molecule has 0 saturated carbocycles. The van der Waals surface area contributed by atoms with Crippen LogP contribution in [0, 0.1) is 5.82 Å². The number of hydrogen-bond donors (Lipinski definition) is 3. The van der Waals surface area contributed by atoms with E-state index < -0.39 is 30.2 Å². The quantitative estimate of drug-likeness (QED) is 0.724. The Labute approximate surface area is 106 Å². The van der Waals surface area contributed by atoms with Gasteiger partial charge in [-0.2, -0.15) is 13.2 Å². The third kappa shape index (κ3) is 2.80. The predicted molar refractivity (Wildman–Crippen MR) is 58.0 cm³/mol. The van der Waals surface area contributed by atoms with Crippen LogP contribution in [-0.4, -0.2) is 35.7 Å². The molecule has 0 fully saturated rings. The van der Waals surface area contributed by atoms with Gasteiger partial charge in [-0.1, -0.05) is 6.07 Å². The second kappa shape index (κ2) is 5.32. The van der Waals surface area contributed by atoms with Gasteiger partial charge in [-0.3, -0.25) is 0 Å². The topological polar surface area (TPSA) is 75.7 Å². The SMILES string of the molecule is COc1cc(F)ccc1C(N)C(O)(CO)C(F)(F)F. The van der Waals surface area contributed by atoms with Crippen molar-refractivity contribution in [1.29, 1.82) is 0 Å². The molecule has 0 aliphatic heterocycles. The summed E-state index contributed by atoms with van der Waals surface area (Å²) < 4.78 is 55.9. The van der Waals surface area contributed by atoms with Gasteiger partial charge in [0, 0.05) is 11.6 Å². The molecule has 1 rings (SSSR count). The van der Waals surface area contributed by atoms with Gasteiger partial charge in [0.2, 0.25) is 5.60 Å². The minimum atomic E-state index is -5.15. The monoisotopic (exact) mass is 283 g/mol. The maximum absolute atomic E-state index is 13.0. The number of nitrogens with two attached hydrogens (primary N) is 1. The maximum atomic E-state index is 13.0. The van der Waals surface area contributed by atoms with Crippen LogP contribution < -0.4 is 10.5 Å². The molecule has 0 bridgehead atoms. The lowest BCUT2D eigenvalue weighted by molar-refractivity contribution is -0.279. The van der Waals surface area contributed by atoms with E-state index in [1.165, 1.54) is 0 Å². The van der Waals surface area contributed by atoms with Crippen molar-refractivity contribution in [2.45, 2.75) is 17.8 Å². The van der Waals surface area contributed by atoms with Crippen LogP contribution in [0.1, 0.15) is 11.6 Å². The lowest BCUT2D eigenvalue weighted by Crippen LogP contribution is -2.56. The summed E-state index contributed by atoms with van der Waals surface area (Å²) in [4.78, 5) is 0. The van der Waals surface area contributed by atoms with Crippen LogP contribution >= 0.6 is 0 Å². The summed E-state index contributed by atoms with van der Waals surface area (Å²) in [5.74, 6) is -0.976. The van der Waals surface area contributed by atoms with Crippen LogP contribution in [-0.2, 0) is 0 Å². The molecule has 0 aliphatic rings. The molecule has 0 aromatic heterocycles. The van der Waals surface area contributed by atoms with Gasteiger partial charge in [0.05, 0.1) is 19.8 Å². The summed E-state index contributed by atoms with van der Waals surface area (Å²) >= 11 is 0. The van der Waals surface area contributed by atoms with E-state index in [4.69, 9.17) is 15.6 Å². The second-order valence-corrected chi connectivity index (χ2v) is 3.94. The van der Waals surface area contributed by atoms with Gasteiger partial charge in [-0.05, 0) is 6.07 Å². The smallest absolute Gasteiger partial charge is 0.421 e. The average Bonchev–Trinajstić information content (AvgIpc) is 2.35. The van der Waals surface area contributed by atoms with Crippen LogP contribution in [0.5, 0.6) is 5.75 Å². The van der Waals surface area contributed by atoms with Crippen LogP contribution in [0.4, 0.5) is 17.6 Å². The zero-order valence-corrected chi connectivity index (χ0v) is 9.91. The number of halogens is 4. The number of aliphatic hydroxyl groups is 2. The molecular formula is C11H13F4NO3. The van der Waals surface area contributed by atoms with Crippen molar-refractivity contribution in [1.82, 2.24) is 0 Å². The first-order chi connectivity index (χ1) is 8.67. The van der Waals surface area contributed by atoms with Crippen molar-refractivity contribution in [3.8, 4) is 5.75 Å². The van der Waals surface area contributed by atoms with E-state index in [0.717, 1.165) is 25.3 Å². The lowest BCUT2D eigenvalue weighted by Gasteiger charge is -2.34. The fourth-order valence-corrected chi connectivity index (χ4v) is 1.56. The normalized spacial score (nSPS) is 16.8. The summed E-state index contributed by atoms with van der Waals surface area (Å²) in [6.07, 6.45) is -5.15. The largest absolute Gasteiger partial charge is 0.496 e. The van der Waals surface area contributed by atoms with Crippen molar-refractivity contribution in [3.05, 3.63) is 29.6 Å². The second-order valence-electron chi connectivity index (χ2n) is 3.94. The Balaban J connectivity index is 3.29. The summed E-state index contributed by atoms with van der Waals surface area (Å²) in [6, 6.07) is 0.661. The number of rotatable bonds is 4. The molecule has 1 aromatic carbocycles. The van der Waals surface area contributed by atoms with Gasteiger partial charge in [-0.25, -0.2) is 4.39 Å². The summed E-state index contributed by atoms with van der Waals surface area (Å²) in [6.45, 7) is -1.63. The zero-order valence-electron chi connectivity index (χ0n) is 9.91. The van der Waals surface area contributed by atoms with E-state index >= 15 is 0 Å². The molecule has 0 heterocycles. The summed E-state index contributed by atoms with van der Waals surface area (Å²) in [5.41, 5.74) is 1.55. The molecular weight excluding hydrogens is 270 g/mol. The highest BCUT2D eigenvalue weighted by atomic mass is 19.4. The van der Waals surface area contributed by atoms with Gasteiger partial charge >= 0.3 is 6.18 Å². The molecule has 108 valence electrons. The van der Waals surface area contributed by atoms with Crippen molar-refractivity contribution in [2.24, 2.45) is 5.73 Å². The molecule has 4 N–H and O–H groups in total. The fourth-order valence-electron chi connectivity index (χ4n) is 1.56.